The van der Waals surface area contributed by atoms with Crippen molar-refractivity contribution in [2.24, 2.45) is 0 Å². The van der Waals surface area contributed by atoms with Gasteiger partial charge in [0.2, 0.25) is 11.8 Å². The first-order valence-electron chi connectivity index (χ1n) is 6.95. The Morgan fingerprint density at radius 3 is 2.86 bits per heavy atom. The SMILES string of the molecule is N#CCC(=O)N1CCCC[C@H]1C(=O)Nc1cc(Cl)ccc1Cl. The Kier molecular flexibility index (Phi) is 5.64. The molecule has 1 aromatic rings. The topological polar surface area (TPSA) is 73.2 Å². The number of hydrogen-bond donors (Lipinski definition) is 1. The molecule has 0 bridgehead atoms. The van der Waals surface area contributed by atoms with E-state index in [0.29, 0.717) is 28.7 Å². The number of hydrogen-bond acceptors (Lipinski definition) is 3. The molecule has 0 aromatic heterocycles. The summed E-state index contributed by atoms with van der Waals surface area (Å²) >= 11 is 11.9. The third-order valence-corrected chi connectivity index (χ3v) is 4.11. The first kappa shape index (κ1) is 16.6. The van der Waals surface area contributed by atoms with Gasteiger partial charge in [-0.2, -0.15) is 5.26 Å². The average Bonchev–Trinajstić information content (AvgIpc) is 2.51. The van der Waals surface area contributed by atoms with E-state index in [4.69, 9.17) is 28.5 Å². The van der Waals surface area contributed by atoms with E-state index in [9.17, 15) is 9.59 Å². The number of carbonyl (C=O) groups excluding carboxylic acids is 2. The van der Waals surface area contributed by atoms with Crippen LogP contribution in [0.3, 0.4) is 0 Å². The van der Waals surface area contributed by atoms with Crippen LogP contribution < -0.4 is 5.32 Å². The van der Waals surface area contributed by atoms with Crippen molar-refractivity contribution < 1.29 is 9.59 Å². The van der Waals surface area contributed by atoms with Gasteiger partial charge < -0.3 is 10.2 Å². The van der Waals surface area contributed by atoms with Gasteiger partial charge in [-0.1, -0.05) is 23.2 Å². The number of nitrogens with zero attached hydrogens (tertiary/aromatic N) is 2. The molecular formula is C15H15Cl2N3O2. The molecule has 0 aliphatic carbocycles. The Morgan fingerprint density at radius 1 is 1.36 bits per heavy atom. The molecule has 7 heteroatoms. The normalized spacial score (nSPS) is 17.7. The van der Waals surface area contributed by atoms with Gasteiger partial charge >= 0.3 is 0 Å². The highest BCUT2D eigenvalue weighted by Crippen LogP contribution is 2.27. The lowest BCUT2D eigenvalue weighted by molar-refractivity contribution is -0.139. The van der Waals surface area contributed by atoms with E-state index < -0.39 is 6.04 Å². The van der Waals surface area contributed by atoms with E-state index in [0.717, 1.165) is 12.8 Å². The first-order chi connectivity index (χ1) is 10.5. The number of anilines is 1. The Hall–Kier alpha value is -1.77. The molecule has 116 valence electrons. The summed E-state index contributed by atoms with van der Waals surface area (Å²) in [5.74, 6) is -0.630. The maximum absolute atomic E-state index is 12.5. The Labute approximate surface area is 138 Å². The number of likely N-dealkylation sites (tertiary alicyclic amines) is 1. The number of nitrogens with one attached hydrogen (secondary N) is 1. The Balaban J connectivity index is 2.14. The molecule has 1 N–H and O–H groups in total. The van der Waals surface area contributed by atoms with Crippen molar-refractivity contribution in [1.82, 2.24) is 4.90 Å². The minimum atomic E-state index is -0.579. The van der Waals surface area contributed by atoms with E-state index >= 15 is 0 Å². The average molecular weight is 340 g/mol. The molecule has 1 aliphatic heterocycles. The van der Waals surface area contributed by atoms with Crippen LogP contribution in [0, 0.1) is 11.3 Å². The smallest absolute Gasteiger partial charge is 0.247 e. The molecule has 0 radical (unpaired) electrons. The van der Waals surface area contributed by atoms with Crippen LogP contribution in [0.5, 0.6) is 0 Å². The minimum absolute atomic E-state index is 0.221. The van der Waals surface area contributed by atoms with Crippen LogP contribution in [0.4, 0.5) is 5.69 Å². The van der Waals surface area contributed by atoms with Crippen molar-refractivity contribution in [2.45, 2.75) is 31.7 Å². The quantitative estimate of drug-likeness (QED) is 0.918. The summed E-state index contributed by atoms with van der Waals surface area (Å²) in [5, 5.41) is 12.2. The summed E-state index contributed by atoms with van der Waals surface area (Å²) in [6, 6.07) is 6.04. The predicted octanol–water partition coefficient (Wildman–Crippen LogP) is 3.23. The largest absolute Gasteiger partial charge is 0.330 e. The van der Waals surface area contributed by atoms with Crippen molar-refractivity contribution in [3.63, 3.8) is 0 Å². The minimum Gasteiger partial charge on any atom is -0.330 e. The van der Waals surface area contributed by atoms with E-state index in [2.05, 4.69) is 5.32 Å². The molecule has 1 aliphatic rings. The highest BCUT2D eigenvalue weighted by Gasteiger charge is 2.32. The van der Waals surface area contributed by atoms with E-state index in [-0.39, 0.29) is 18.2 Å². The third kappa shape index (κ3) is 3.90. The molecule has 1 heterocycles. The lowest BCUT2D eigenvalue weighted by Crippen LogP contribution is -2.49. The molecule has 1 atom stereocenters. The number of carbonyl (C=O) groups is 2. The second kappa shape index (κ2) is 7.48. The maximum Gasteiger partial charge on any atom is 0.247 e. The predicted molar refractivity (Wildman–Crippen MR) is 84.7 cm³/mol. The van der Waals surface area contributed by atoms with Crippen molar-refractivity contribution in [3.05, 3.63) is 28.2 Å². The summed E-state index contributed by atoms with van der Waals surface area (Å²) in [5.41, 5.74) is 0.414. The van der Waals surface area contributed by atoms with Crippen LogP contribution >= 0.6 is 23.2 Å². The fourth-order valence-corrected chi connectivity index (χ4v) is 2.82. The van der Waals surface area contributed by atoms with Crippen LogP contribution in [0.2, 0.25) is 10.0 Å². The van der Waals surface area contributed by atoms with E-state index in [1.165, 1.54) is 4.90 Å². The highest BCUT2D eigenvalue weighted by atomic mass is 35.5. The molecular weight excluding hydrogens is 325 g/mol. The zero-order chi connectivity index (χ0) is 16.1. The maximum atomic E-state index is 12.5. The van der Waals surface area contributed by atoms with Gasteiger partial charge in [0.15, 0.2) is 0 Å². The van der Waals surface area contributed by atoms with Crippen LogP contribution in [-0.4, -0.2) is 29.3 Å². The second-order valence-electron chi connectivity index (χ2n) is 5.05. The van der Waals surface area contributed by atoms with Crippen LogP contribution in [0.25, 0.3) is 0 Å². The molecule has 1 fully saturated rings. The van der Waals surface area contributed by atoms with Crippen molar-refractivity contribution in [2.75, 3.05) is 11.9 Å². The number of amides is 2. The fraction of sp³-hybridized carbons (Fsp3) is 0.400. The third-order valence-electron chi connectivity index (χ3n) is 3.54. The van der Waals surface area contributed by atoms with Gasteiger partial charge in [0.1, 0.15) is 12.5 Å². The molecule has 2 amide bonds. The van der Waals surface area contributed by atoms with Gasteiger partial charge in [0.25, 0.3) is 0 Å². The molecule has 22 heavy (non-hydrogen) atoms. The molecule has 0 unspecified atom stereocenters. The fourth-order valence-electron chi connectivity index (χ4n) is 2.48. The number of benzene rings is 1. The van der Waals surface area contributed by atoms with Crippen molar-refractivity contribution >= 4 is 40.7 Å². The lowest BCUT2D eigenvalue weighted by Gasteiger charge is -2.34. The molecule has 0 spiro atoms. The standard InChI is InChI=1S/C15H15Cl2N3O2/c16-10-4-5-11(17)12(9-10)19-15(22)13-3-1-2-8-20(13)14(21)6-7-18/h4-5,9,13H,1-3,6,8H2,(H,19,22)/t13-/m0/s1. The van der Waals surface area contributed by atoms with Crippen molar-refractivity contribution in [3.8, 4) is 6.07 Å². The molecule has 0 saturated carbocycles. The second-order valence-corrected chi connectivity index (χ2v) is 5.89. The van der Waals surface area contributed by atoms with Gasteiger partial charge in [-0.25, -0.2) is 0 Å². The van der Waals surface area contributed by atoms with Gasteiger partial charge in [-0.15, -0.1) is 0 Å². The Morgan fingerprint density at radius 2 is 2.14 bits per heavy atom. The number of halogens is 2. The molecule has 2 rings (SSSR count). The van der Waals surface area contributed by atoms with Gasteiger partial charge in [-0.05, 0) is 37.5 Å². The van der Waals surface area contributed by atoms with E-state index in [1.54, 1.807) is 18.2 Å². The summed E-state index contributed by atoms with van der Waals surface area (Å²) in [6.07, 6.45) is 2.04. The number of nitriles is 1. The first-order valence-corrected chi connectivity index (χ1v) is 7.71. The summed E-state index contributed by atoms with van der Waals surface area (Å²) in [4.78, 5) is 25.9. The molecule has 5 nitrogen and oxygen atoms in total. The monoisotopic (exact) mass is 339 g/mol. The number of piperidine rings is 1. The summed E-state index contributed by atoms with van der Waals surface area (Å²) in [7, 11) is 0. The van der Waals surface area contributed by atoms with Crippen molar-refractivity contribution in [1.29, 1.82) is 5.26 Å². The highest BCUT2D eigenvalue weighted by molar-refractivity contribution is 6.35. The van der Waals surface area contributed by atoms with Crippen LogP contribution in [0.15, 0.2) is 18.2 Å². The van der Waals surface area contributed by atoms with Crippen LogP contribution in [-0.2, 0) is 9.59 Å². The molecule has 1 aromatic carbocycles. The molecule has 1 saturated heterocycles. The van der Waals surface area contributed by atoms with E-state index in [1.807, 2.05) is 6.07 Å². The Bertz CT molecular complexity index is 628. The van der Waals surface area contributed by atoms with Gasteiger partial charge in [0, 0.05) is 11.6 Å². The summed E-state index contributed by atoms with van der Waals surface area (Å²) < 4.78 is 0. The zero-order valence-corrected chi connectivity index (χ0v) is 13.3. The van der Waals surface area contributed by atoms with Crippen LogP contribution in [0.1, 0.15) is 25.7 Å². The zero-order valence-electron chi connectivity index (χ0n) is 11.8. The lowest BCUT2D eigenvalue weighted by atomic mass is 10.0. The summed E-state index contributed by atoms with van der Waals surface area (Å²) in [6.45, 7) is 0.488. The van der Waals surface area contributed by atoms with Gasteiger partial charge in [0.05, 0.1) is 16.8 Å². The number of rotatable bonds is 3. The van der Waals surface area contributed by atoms with Gasteiger partial charge in [-0.3, -0.25) is 9.59 Å².